The highest BCUT2D eigenvalue weighted by atomic mass is 35.5. The smallest absolute Gasteiger partial charge is 0.251 e. The van der Waals surface area contributed by atoms with E-state index in [9.17, 15) is 4.79 Å². The fourth-order valence-corrected chi connectivity index (χ4v) is 4.05. The summed E-state index contributed by atoms with van der Waals surface area (Å²) >= 11 is 13.7. The molecule has 0 saturated carbocycles. The number of thioether (sulfide) groups is 1. The lowest BCUT2D eigenvalue weighted by Crippen LogP contribution is -2.25. The van der Waals surface area contributed by atoms with Crippen LogP contribution in [0.3, 0.4) is 0 Å². The van der Waals surface area contributed by atoms with Crippen molar-refractivity contribution in [1.29, 1.82) is 0 Å². The Morgan fingerprint density at radius 1 is 0.871 bits per heavy atom. The van der Waals surface area contributed by atoms with Gasteiger partial charge in [-0.2, -0.15) is 0 Å². The molecule has 1 aromatic heterocycles. The van der Waals surface area contributed by atoms with Gasteiger partial charge in [0.25, 0.3) is 5.91 Å². The molecule has 0 aliphatic rings. The summed E-state index contributed by atoms with van der Waals surface area (Å²) in [5.41, 5.74) is 4.37. The van der Waals surface area contributed by atoms with E-state index in [1.165, 1.54) is 0 Å². The summed E-state index contributed by atoms with van der Waals surface area (Å²) in [6, 6.07) is 24.4. The largest absolute Gasteiger partial charge is 0.351 e. The highest BCUT2D eigenvalue weighted by Crippen LogP contribution is 2.33. The zero-order valence-electron chi connectivity index (χ0n) is 16.4. The van der Waals surface area contributed by atoms with Gasteiger partial charge >= 0.3 is 0 Å². The zero-order valence-corrected chi connectivity index (χ0v) is 18.8. The number of rotatable bonds is 7. The van der Waals surface area contributed by atoms with Gasteiger partial charge in [0.05, 0.1) is 11.4 Å². The molecule has 2 N–H and O–H groups in total. The molecule has 4 rings (SSSR count). The Morgan fingerprint density at radius 2 is 1.48 bits per heavy atom. The second kappa shape index (κ2) is 10.1. The molecule has 31 heavy (non-hydrogen) atoms. The topological polar surface area (TPSA) is 57.8 Å². The molecule has 156 valence electrons. The Morgan fingerprint density at radius 3 is 2.13 bits per heavy atom. The van der Waals surface area contributed by atoms with E-state index in [0.29, 0.717) is 27.9 Å². The number of nitrogens with one attached hydrogen (secondary N) is 2. The lowest BCUT2D eigenvalue weighted by molar-refractivity contribution is 0.0956. The van der Waals surface area contributed by atoms with Gasteiger partial charge in [0.2, 0.25) is 0 Å². The highest BCUT2D eigenvalue weighted by molar-refractivity contribution is 7.99. The zero-order chi connectivity index (χ0) is 21.6. The van der Waals surface area contributed by atoms with Crippen molar-refractivity contribution in [2.75, 3.05) is 12.3 Å². The molecule has 4 nitrogen and oxygen atoms in total. The van der Waals surface area contributed by atoms with Crippen LogP contribution < -0.4 is 5.32 Å². The van der Waals surface area contributed by atoms with Crippen LogP contribution in [0.5, 0.6) is 0 Å². The van der Waals surface area contributed by atoms with Gasteiger partial charge in [0.15, 0.2) is 5.16 Å². The molecule has 0 aliphatic heterocycles. The number of aromatic nitrogens is 2. The number of aromatic amines is 1. The molecule has 1 amide bonds. The first-order chi connectivity index (χ1) is 15.1. The Bertz CT molecular complexity index is 1100. The predicted octanol–water partition coefficient (Wildman–Crippen LogP) is 6.57. The summed E-state index contributed by atoms with van der Waals surface area (Å²) in [6.07, 6.45) is 0. The van der Waals surface area contributed by atoms with Crippen molar-refractivity contribution < 1.29 is 4.79 Å². The average Bonchev–Trinajstić information content (AvgIpc) is 3.22. The molecule has 0 atom stereocenters. The van der Waals surface area contributed by atoms with E-state index in [1.807, 2.05) is 66.7 Å². The van der Waals surface area contributed by atoms with Crippen molar-refractivity contribution in [2.45, 2.75) is 5.16 Å². The minimum atomic E-state index is -0.0793. The molecule has 0 radical (unpaired) electrons. The van der Waals surface area contributed by atoms with Gasteiger partial charge in [-0.3, -0.25) is 4.79 Å². The first-order valence-corrected chi connectivity index (χ1v) is 11.4. The molecule has 0 bridgehead atoms. The van der Waals surface area contributed by atoms with E-state index in [2.05, 4.69) is 10.3 Å². The molecule has 0 unspecified atom stereocenters. The Labute approximate surface area is 195 Å². The van der Waals surface area contributed by atoms with Crippen LogP contribution in [0.4, 0.5) is 0 Å². The fraction of sp³-hybridized carbons (Fsp3) is 0.0833. The summed E-state index contributed by atoms with van der Waals surface area (Å²) in [5, 5.41) is 5.07. The number of benzene rings is 3. The molecule has 0 fully saturated rings. The number of hydrogen-bond acceptors (Lipinski definition) is 3. The molecular weight excluding hydrogens is 449 g/mol. The average molecular weight is 468 g/mol. The summed E-state index contributed by atoms with van der Waals surface area (Å²) in [6.45, 7) is 0.533. The third-order valence-corrected chi connectivity index (χ3v) is 5.97. The molecule has 3 aromatic carbocycles. The molecule has 0 spiro atoms. The van der Waals surface area contributed by atoms with E-state index in [-0.39, 0.29) is 5.91 Å². The first-order valence-electron chi connectivity index (χ1n) is 9.68. The van der Waals surface area contributed by atoms with E-state index < -0.39 is 0 Å². The van der Waals surface area contributed by atoms with Crippen LogP contribution >= 0.6 is 35.0 Å². The number of H-pyrrole nitrogens is 1. The standard InChI is InChI=1S/C24H19Cl2N3OS/c25-19-10-6-16(7-11-19)21-22(17-8-12-20(26)13-9-17)29-24(28-21)31-15-14-27-23(30)18-4-2-1-3-5-18/h1-13H,14-15H2,(H,27,30)(H,28,29). The van der Waals surface area contributed by atoms with Gasteiger partial charge in [-0.05, 0) is 36.4 Å². The molecular formula is C24H19Cl2N3OS. The van der Waals surface area contributed by atoms with Crippen LogP contribution in [0.2, 0.25) is 10.0 Å². The summed E-state index contributed by atoms with van der Waals surface area (Å²) < 4.78 is 0. The van der Waals surface area contributed by atoms with Crippen LogP contribution in [0.1, 0.15) is 10.4 Å². The maximum atomic E-state index is 12.2. The second-order valence-electron chi connectivity index (χ2n) is 6.75. The summed E-state index contributed by atoms with van der Waals surface area (Å²) in [4.78, 5) is 20.4. The van der Waals surface area contributed by atoms with Crippen molar-refractivity contribution >= 4 is 40.9 Å². The fourth-order valence-electron chi connectivity index (χ4n) is 3.07. The second-order valence-corrected chi connectivity index (χ2v) is 8.71. The van der Waals surface area contributed by atoms with Crippen molar-refractivity contribution in [3.8, 4) is 22.5 Å². The SMILES string of the molecule is O=C(NCCSc1nc(-c2ccc(Cl)cc2)c(-c2ccc(Cl)cc2)[nH]1)c1ccccc1. The summed E-state index contributed by atoms with van der Waals surface area (Å²) in [5.74, 6) is 0.607. The van der Waals surface area contributed by atoms with Crippen molar-refractivity contribution in [3.05, 3.63) is 94.5 Å². The molecule has 1 heterocycles. The van der Waals surface area contributed by atoms with Gasteiger partial charge in [-0.15, -0.1) is 0 Å². The molecule has 0 aliphatic carbocycles. The highest BCUT2D eigenvalue weighted by Gasteiger charge is 2.15. The minimum Gasteiger partial charge on any atom is -0.351 e. The van der Waals surface area contributed by atoms with Crippen molar-refractivity contribution in [1.82, 2.24) is 15.3 Å². The number of halogens is 2. The minimum absolute atomic E-state index is 0.0793. The first kappa shape index (κ1) is 21.5. The van der Waals surface area contributed by atoms with Gasteiger partial charge in [0.1, 0.15) is 0 Å². The Balaban J connectivity index is 1.49. The Kier molecular flexibility index (Phi) is 6.97. The van der Waals surface area contributed by atoms with Crippen LogP contribution in [0.25, 0.3) is 22.5 Å². The third-order valence-electron chi connectivity index (χ3n) is 4.60. The van der Waals surface area contributed by atoms with Crippen LogP contribution in [0.15, 0.2) is 84.0 Å². The monoisotopic (exact) mass is 467 g/mol. The van der Waals surface area contributed by atoms with Gasteiger partial charge in [-0.25, -0.2) is 4.98 Å². The predicted molar refractivity (Wildman–Crippen MR) is 129 cm³/mol. The van der Waals surface area contributed by atoms with E-state index in [0.717, 1.165) is 27.7 Å². The quantitative estimate of drug-likeness (QED) is 0.238. The molecule has 7 heteroatoms. The normalized spacial score (nSPS) is 10.8. The van der Waals surface area contributed by atoms with E-state index in [4.69, 9.17) is 28.2 Å². The van der Waals surface area contributed by atoms with Gasteiger partial charge < -0.3 is 10.3 Å². The van der Waals surface area contributed by atoms with Crippen LogP contribution in [-0.4, -0.2) is 28.2 Å². The van der Waals surface area contributed by atoms with Gasteiger partial charge in [0, 0.05) is 39.0 Å². The van der Waals surface area contributed by atoms with Gasteiger partial charge in [-0.1, -0.05) is 77.4 Å². The van der Waals surface area contributed by atoms with Crippen molar-refractivity contribution in [3.63, 3.8) is 0 Å². The number of carbonyl (C=O) groups excluding carboxylic acids is 1. The number of amides is 1. The maximum absolute atomic E-state index is 12.2. The van der Waals surface area contributed by atoms with E-state index >= 15 is 0 Å². The van der Waals surface area contributed by atoms with Crippen LogP contribution in [-0.2, 0) is 0 Å². The lowest BCUT2D eigenvalue weighted by Gasteiger charge is -2.04. The lowest BCUT2D eigenvalue weighted by atomic mass is 10.1. The number of imidazole rings is 1. The third kappa shape index (κ3) is 5.50. The Hall–Kier alpha value is -2.73. The van der Waals surface area contributed by atoms with Crippen LogP contribution in [0, 0.1) is 0 Å². The number of carbonyl (C=O) groups is 1. The number of hydrogen-bond donors (Lipinski definition) is 2. The number of nitrogens with zero attached hydrogens (tertiary/aromatic N) is 1. The molecule has 4 aromatic rings. The molecule has 0 saturated heterocycles. The maximum Gasteiger partial charge on any atom is 0.251 e. The van der Waals surface area contributed by atoms with E-state index in [1.54, 1.807) is 23.9 Å². The van der Waals surface area contributed by atoms with Crippen molar-refractivity contribution in [2.24, 2.45) is 0 Å². The summed E-state index contributed by atoms with van der Waals surface area (Å²) in [7, 11) is 0.